The number of benzene rings is 3. The Balaban J connectivity index is 1.82. The number of fused-ring (bicyclic) bond motifs is 3. The molecule has 2 aliphatic carbocycles. The van der Waals surface area contributed by atoms with E-state index in [0.29, 0.717) is 0 Å². The average molecular weight is 377 g/mol. The van der Waals surface area contributed by atoms with Crippen molar-refractivity contribution in [1.82, 2.24) is 0 Å². The summed E-state index contributed by atoms with van der Waals surface area (Å²) in [7, 11) is 0. The summed E-state index contributed by atoms with van der Waals surface area (Å²) in [5.41, 5.74) is 15.6. The van der Waals surface area contributed by atoms with Crippen molar-refractivity contribution < 1.29 is 0 Å². The molecular formula is C29H28. The molecule has 0 heteroatoms. The highest BCUT2D eigenvalue weighted by Crippen LogP contribution is 2.51. The summed E-state index contributed by atoms with van der Waals surface area (Å²) in [6.45, 7) is 6.55. The van der Waals surface area contributed by atoms with Crippen molar-refractivity contribution in [2.75, 3.05) is 0 Å². The largest absolute Gasteiger partial charge is 0.0587 e. The highest BCUT2D eigenvalue weighted by atomic mass is 14.3. The van der Waals surface area contributed by atoms with Crippen LogP contribution in [0.15, 0.2) is 72.3 Å². The van der Waals surface area contributed by atoms with Gasteiger partial charge in [-0.1, -0.05) is 83.4 Å². The minimum absolute atomic E-state index is 1.16. The van der Waals surface area contributed by atoms with E-state index < -0.39 is 0 Å². The van der Waals surface area contributed by atoms with Gasteiger partial charge in [0.25, 0.3) is 0 Å². The minimum atomic E-state index is 1.16. The van der Waals surface area contributed by atoms with Gasteiger partial charge in [-0.15, -0.1) is 0 Å². The molecular weight excluding hydrogens is 348 g/mol. The molecule has 0 fully saturated rings. The number of hydrogen-bond donors (Lipinski definition) is 0. The first-order valence-corrected chi connectivity index (χ1v) is 10.8. The second-order valence-electron chi connectivity index (χ2n) is 8.70. The molecule has 2 aliphatic rings. The third-order valence-electron chi connectivity index (χ3n) is 6.46. The lowest BCUT2D eigenvalue weighted by molar-refractivity contribution is 0.772. The van der Waals surface area contributed by atoms with Crippen LogP contribution < -0.4 is 0 Å². The van der Waals surface area contributed by atoms with Crippen LogP contribution in [0.4, 0.5) is 0 Å². The van der Waals surface area contributed by atoms with E-state index in [1.165, 1.54) is 74.9 Å². The van der Waals surface area contributed by atoms with Crippen molar-refractivity contribution in [3.8, 4) is 0 Å². The van der Waals surface area contributed by atoms with E-state index >= 15 is 0 Å². The first kappa shape index (κ1) is 18.2. The Hall–Kier alpha value is -2.86. The predicted molar refractivity (Wildman–Crippen MR) is 125 cm³/mol. The normalized spacial score (nSPS) is 16.0. The molecule has 0 atom stereocenters. The molecule has 0 saturated carbocycles. The van der Waals surface area contributed by atoms with E-state index in [1.807, 2.05) is 0 Å². The van der Waals surface area contributed by atoms with E-state index in [1.54, 1.807) is 5.57 Å². The Bertz CT molecular complexity index is 1140. The van der Waals surface area contributed by atoms with E-state index in [4.69, 9.17) is 0 Å². The summed E-state index contributed by atoms with van der Waals surface area (Å²) in [4.78, 5) is 0. The summed E-state index contributed by atoms with van der Waals surface area (Å²) in [6, 6.07) is 25.3. The number of hydrogen-bond acceptors (Lipinski definition) is 0. The Kier molecular flexibility index (Phi) is 4.51. The van der Waals surface area contributed by atoms with Crippen molar-refractivity contribution in [3.63, 3.8) is 0 Å². The highest BCUT2D eigenvalue weighted by molar-refractivity contribution is 6.12. The molecule has 3 aromatic carbocycles. The summed E-state index contributed by atoms with van der Waals surface area (Å²) in [5.74, 6) is 0. The van der Waals surface area contributed by atoms with Gasteiger partial charge in [0.2, 0.25) is 0 Å². The van der Waals surface area contributed by atoms with Gasteiger partial charge in [0, 0.05) is 0 Å². The summed E-state index contributed by atoms with van der Waals surface area (Å²) >= 11 is 0. The molecule has 0 radical (unpaired) electrons. The average Bonchev–Trinajstić information content (AvgIpc) is 2.87. The summed E-state index contributed by atoms with van der Waals surface area (Å²) in [6.07, 6.45) is 4.85. The summed E-state index contributed by atoms with van der Waals surface area (Å²) < 4.78 is 0. The molecule has 0 amide bonds. The highest BCUT2D eigenvalue weighted by Gasteiger charge is 2.31. The smallest absolute Gasteiger partial charge is 0.00667 e. The second-order valence-corrected chi connectivity index (χ2v) is 8.70. The first-order valence-electron chi connectivity index (χ1n) is 10.8. The van der Waals surface area contributed by atoms with Crippen LogP contribution in [0.5, 0.6) is 0 Å². The van der Waals surface area contributed by atoms with Gasteiger partial charge in [0.15, 0.2) is 0 Å². The van der Waals surface area contributed by atoms with Crippen LogP contribution in [-0.4, -0.2) is 0 Å². The fraction of sp³-hybridized carbons (Fsp3) is 0.241. The molecule has 0 saturated heterocycles. The molecule has 0 N–H and O–H groups in total. The molecule has 0 aliphatic heterocycles. The van der Waals surface area contributed by atoms with E-state index in [0.717, 1.165) is 6.42 Å². The molecule has 5 rings (SSSR count). The quantitative estimate of drug-likeness (QED) is 0.426. The Morgan fingerprint density at radius 2 is 1.03 bits per heavy atom. The fourth-order valence-corrected chi connectivity index (χ4v) is 4.95. The van der Waals surface area contributed by atoms with E-state index in [2.05, 4.69) is 87.5 Å². The second kappa shape index (κ2) is 7.19. The lowest BCUT2D eigenvalue weighted by atomic mass is 9.90. The molecule has 29 heavy (non-hydrogen) atoms. The van der Waals surface area contributed by atoms with E-state index in [9.17, 15) is 0 Å². The van der Waals surface area contributed by atoms with Crippen LogP contribution in [0, 0.1) is 20.8 Å². The van der Waals surface area contributed by atoms with Gasteiger partial charge in [-0.25, -0.2) is 0 Å². The molecule has 3 aromatic rings. The third kappa shape index (κ3) is 3.17. The third-order valence-corrected chi connectivity index (χ3v) is 6.46. The number of rotatable bonds is 2. The number of aryl methyl sites for hydroxylation is 3. The summed E-state index contributed by atoms with van der Waals surface area (Å²) in [5, 5.41) is 0. The predicted octanol–water partition coefficient (Wildman–Crippen LogP) is 7.91. The molecule has 0 aromatic heterocycles. The maximum atomic E-state index is 2.39. The maximum Gasteiger partial charge on any atom is -0.00667 e. The van der Waals surface area contributed by atoms with Crippen molar-refractivity contribution in [1.29, 1.82) is 0 Å². The molecule has 0 unspecified atom stereocenters. The topological polar surface area (TPSA) is 0 Å². The Morgan fingerprint density at radius 3 is 1.69 bits per heavy atom. The van der Waals surface area contributed by atoms with Crippen molar-refractivity contribution in [2.24, 2.45) is 0 Å². The zero-order valence-corrected chi connectivity index (χ0v) is 17.7. The Morgan fingerprint density at radius 1 is 0.483 bits per heavy atom. The van der Waals surface area contributed by atoms with Crippen LogP contribution in [0.3, 0.4) is 0 Å². The minimum Gasteiger partial charge on any atom is -0.0587 e. The maximum absolute atomic E-state index is 2.39. The van der Waals surface area contributed by atoms with Crippen LogP contribution in [0.2, 0.25) is 0 Å². The first-order chi connectivity index (χ1) is 14.1. The standard InChI is InChI=1S/C29H28/c1-19-8-13-22(14-9-19)24-6-4-5-7-26-28(23-15-10-20(2)11-16-23)27-18-21(3)12-17-25(27)29(24)26/h8-18H,4-7H2,1-3H3. The number of allylic oxidation sites excluding steroid dienone is 3. The van der Waals surface area contributed by atoms with Gasteiger partial charge in [0.1, 0.15) is 0 Å². The van der Waals surface area contributed by atoms with Crippen molar-refractivity contribution >= 4 is 16.7 Å². The molecule has 0 heterocycles. The molecule has 0 bridgehead atoms. The monoisotopic (exact) mass is 376 g/mol. The van der Waals surface area contributed by atoms with E-state index in [-0.39, 0.29) is 0 Å². The van der Waals surface area contributed by atoms with Gasteiger partial charge < -0.3 is 0 Å². The zero-order chi connectivity index (χ0) is 20.0. The van der Waals surface area contributed by atoms with Gasteiger partial charge >= 0.3 is 0 Å². The lowest BCUT2D eigenvalue weighted by Crippen LogP contribution is -1.92. The fourth-order valence-electron chi connectivity index (χ4n) is 4.95. The van der Waals surface area contributed by atoms with Crippen LogP contribution in [0.25, 0.3) is 16.7 Å². The van der Waals surface area contributed by atoms with Crippen molar-refractivity contribution in [3.05, 3.63) is 111 Å². The Labute approximate surface area is 174 Å². The zero-order valence-electron chi connectivity index (χ0n) is 17.7. The van der Waals surface area contributed by atoms with Crippen LogP contribution in [0.1, 0.15) is 64.6 Å². The van der Waals surface area contributed by atoms with Gasteiger partial charge in [-0.05, 0) is 91.0 Å². The lowest BCUT2D eigenvalue weighted by Gasteiger charge is -2.13. The molecule has 0 nitrogen and oxygen atoms in total. The van der Waals surface area contributed by atoms with Gasteiger partial charge in [0.05, 0.1) is 0 Å². The van der Waals surface area contributed by atoms with Crippen LogP contribution >= 0.6 is 0 Å². The van der Waals surface area contributed by atoms with Crippen LogP contribution in [-0.2, 0) is 0 Å². The molecule has 144 valence electrons. The SMILES string of the molecule is Cc1ccc(C2=C3C(=C(c4ccc(C)cc4)c4cc(C)ccc43)CCCC2)cc1. The van der Waals surface area contributed by atoms with Gasteiger partial charge in [-0.3, -0.25) is 0 Å². The van der Waals surface area contributed by atoms with Crippen molar-refractivity contribution in [2.45, 2.75) is 46.5 Å². The molecule has 0 spiro atoms. The van der Waals surface area contributed by atoms with Gasteiger partial charge in [-0.2, -0.15) is 0 Å².